The van der Waals surface area contributed by atoms with Gasteiger partial charge in [0, 0.05) is 24.7 Å². The highest BCUT2D eigenvalue weighted by Crippen LogP contribution is 2.30. The summed E-state index contributed by atoms with van der Waals surface area (Å²) in [7, 11) is -3.63. The minimum absolute atomic E-state index is 0.0118. The van der Waals surface area contributed by atoms with Crippen LogP contribution in [0.3, 0.4) is 0 Å². The number of carbonyl (C=O) groups is 1. The van der Waals surface area contributed by atoms with Crippen molar-refractivity contribution in [2.24, 2.45) is 0 Å². The quantitative estimate of drug-likeness (QED) is 0.830. The van der Waals surface area contributed by atoms with Crippen molar-refractivity contribution in [3.05, 3.63) is 28.2 Å². The molecule has 128 valence electrons. The third-order valence-electron chi connectivity index (χ3n) is 4.28. The SMILES string of the molecule is CS(=O)(=O)c1ncc2c(=O)c(C(=O)O)cn(C3CCCCC3)c2n1. The molecule has 0 atom stereocenters. The second kappa shape index (κ2) is 5.97. The molecule has 2 aromatic rings. The summed E-state index contributed by atoms with van der Waals surface area (Å²) < 4.78 is 25.1. The Balaban J connectivity index is 2.34. The molecule has 1 aliphatic rings. The summed E-state index contributed by atoms with van der Waals surface area (Å²) in [4.78, 5) is 31.5. The minimum atomic E-state index is -3.63. The number of hydrogen-bond acceptors (Lipinski definition) is 6. The maximum absolute atomic E-state index is 12.3. The van der Waals surface area contributed by atoms with Gasteiger partial charge in [0.25, 0.3) is 0 Å². The normalized spacial score (nSPS) is 16.4. The largest absolute Gasteiger partial charge is 0.477 e. The molecule has 0 unspecified atom stereocenters. The van der Waals surface area contributed by atoms with Crippen LogP contribution in [0, 0.1) is 0 Å². The van der Waals surface area contributed by atoms with Gasteiger partial charge in [0.2, 0.25) is 20.4 Å². The van der Waals surface area contributed by atoms with Gasteiger partial charge in [-0.2, -0.15) is 4.98 Å². The highest BCUT2D eigenvalue weighted by Gasteiger charge is 2.23. The van der Waals surface area contributed by atoms with E-state index in [-0.39, 0.29) is 27.8 Å². The van der Waals surface area contributed by atoms with Crippen LogP contribution < -0.4 is 5.43 Å². The number of rotatable bonds is 3. The van der Waals surface area contributed by atoms with Crippen molar-refractivity contribution >= 4 is 26.8 Å². The van der Waals surface area contributed by atoms with E-state index in [4.69, 9.17) is 0 Å². The van der Waals surface area contributed by atoms with Gasteiger partial charge < -0.3 is 9.67 Å². The minimum Gasteiger partial charge on any atom is -0.477 e. The average Bonchev–Trinajstić information content (AvgIpc) is 2.54. The maximum atomic E-state index is 12.3. The number of hydrogen-bond donors (Lipinski definition) is 1. The van der Waals surface area contributed by atoms with Gasteiger partial charge in [0.1, 0.15) is 11.2 Å². The molecule has 0 aromatic carbocycles. The number of nitrogens with zero attached hydrogens (tertiary/aromatic N) is 3. The van der Waals surface area contributed by atoms with Crippen LogP contribution in [0.2, 0.25) is 0 Å². The van der Waals surface area contributed by atoms with Crippen LogP contribution in [-0.4, -0.2) is 40.3 Å². The first-order valence-electron chi connectivity index (χ1n) is 7.64. The van der Waals surface area contributed by atoms with Crippen LogP contribution in [0.15, 0.2) is 22.3 Å². The molecule has 0 spiro atoms. The maximum Gasteiger partial charge on any atom is 0.341 e. The third-order valence-corrected chi connectivity index (χ3v) is 5.14. The molecule has 0 amide bonds. The highest BCUT2D eigenvalue weighted by atomic mass is 32.2. The van der Waals surface area contributed by atoms with Crippen LogP contribution in [-0.2, 0) is 9.84 Å². The van der Waals surface area contributed by atoms with Crippen LogP contribution in [0.25, 0.3) is 11.0 Å². The number of carboxylic acids is 1. The number of fused-ring (bicyclic) bond motifs is 1. The van der Waals surface area contributed by atoms with E-state index >= 15 is 0 Å². The van der Waals surface area contributed by atoms with Crippen molar-refractivity contribution < 1.29 is 18.3 Å². The summed E-state index contributed by atoms with van der Waals surface area (Å²) in [5.74, 6) is -1.32. The molecule has 0 aliphatic heterocycles. The lowest BCUT2D eigenvalue weighted by atomic mass is 9.95. The van der Waals surface area contributed by atoms with E-state index in [1.807, 2.05) is 0 Å². The predicted octanol–water partition coefficient (Wildman–Crippen LogP) is 1.40. The van der Waals surface area contributed by atoms with Crippen LogP contribution in [0.1, 0.15) is 48.5 Å². The summed E-state index contributed by atoms with van der Waals surface area (Å²) in [6, 6.07) is -0.0118. The number of carboxylic acid groups (broad SMARTS) is 1. The summed E-state index contributed by atoms with van der Waals surface area (Å²) >= 11 is 0. The zero-order valence-corrected chi connectivity index (χ0v) is 13.9. The molecule has 0 radical (unpaired) electrons. The third kappa shape index (κ3) is 2.91. The second-order valence-corrected chi connectivity index (χ2v) is 7.95. The zero-order chi connectivity index (χ0) is 17.5. The van der Waals surface area contributed by atoms with Crippen molar-refractivity contribution in [1.29, 1.82) is 0 Å². The van der Waals surface area contributed by atoms with E-state index in [1.165, 1.54) is 6.20 Å². The Morgan fingerprint density at radius 1 is 1.29 bits per heavy atom. The second-order valence-electron chi connectivity index (χ2n) is 6.04. The molecular formula is C15H17N3O5S. The number of aromatic carboxylic acids is 1. The molecule has 1 aliphatic carbocycles. The Kier molecular flexibility index (Phi) is 4.12. The Morgan fingerprint density at radius 3 is 2.54 bits per heavy atom. The molecule has 1 saturated carbocycles. The molecule has 24 heavy (non-hydrogen) atoms. The summed E-state index contributed by atoms with van der Waals surface area (Å²) in [5, 5.41) is 8.93. The first-order valence-corrected chi connectivity index (χ1v) is 9.53. The zero-order valence-electron chi connectivity index (χ0n) is 13.1. The predicted molar refractivity (Wildman–Crippen MR) is 86.0 cm³/mol. The monoisotopic (exact) mass is 351 g/mol. The van der Waals surface area contributed by atoms with E-state index in [9.17, 15) is 23.1 Å². The smallest absolute Gasteiger partial charge is 0.341 e. The lowest BCUT2D eigenvalue weighted by molar-refractivity contribution is 0.0694. The van der Waals surface area contributed by atoms with Gasteiger partial charge in [0.05, 0.1) is 5.39 Å². The van der Waals surface area contributed by atoms with E-state index < -0.39 is 21.2 Å². The molecule has 0 bridgehead atoms. The molecule has 1 N–H and O–H groups in total. The Labute approximate surface area is 138 Å². The van der Waals surface area contributed by atoms with E-state index in [1.54, 1.807) is 4.57 Å². The van der Waals surface area contributed by atoms with Crippen molar-refractivity contribution in [2.75, 3.05) is 6.26 Å². The van der Waals surface area contributed by atoms with Crippen molar-refractivity contribution in [3.8, 4) is 0 Å². The molecule has 2 heterocycles. The van der Waals surface area contributed by atoms with Crippen molar-refractivity contribution in [3.63, 3.8) is 0 Å². The topological polar surface area (TPSA) is 119 Å². The van der Waals surface area contributed by atoms with Crippen LogP contribution in [0.4, 0.5) is 0 Å². The van der Waals surface area contributed by atoms with E-state index in [2.05, 4.69) is 9.97 Å². The lowest BCUT2D eigenvalue weighted by Crippen LogP contribution is -2.24. The Bertz CT molecular complexity index is 975. The fourth-order valence-electron chi connectivity index (χ4n) is 3.09. The van der Waals surface area contributed by atoms with Crippen molar-refractivity contribution in [2.45, 2.75) is 43.3 Å². The molecule has 9 heteroatoms. The van der Waals surface area contributed by atoms with Gasteiger partial charge >= 0.3 is 5.97 Å². The first kappa shape index (κ1) is 16.6. The Hall–Kier alpha value is -2.29. The molecule has 2 aromatic heterocycles. The van der Waals surface area contributed by atoms with Crippen LogP contribution >= 0.6 is 0 Å². The van der Waals surface area contributed by atoms with Gasteiger partial charge in [0.15, 0.2) is 0 Å². The summed E-state index contributed by atoms with van der Waals surface area (Å²) in [6.07, 6.45) is 8.11. The summed E-state index contributed by atoms with van der Waals surface area (Å²) in [6.45, 7) is 0. The average molecular weight is 351 g/mol. The number of pyridine rings is 1. The summed E-state index contributed by atoms with van der Waals surface area (Å²) in [5.41, 5.74) is -0.888. The van der Waals surface area contributed by atoms with Crippen LogP contribution in [0.5, 0.6) is 0 Å². The Morgan fingerprint density at radius 2 is 1.96 bits per heavy atom. The molecular weight excluding hydrogens is 334 g/mol. The standard InChI is InChI=1S/C15H17N3O5S/c1-24(22,23)15-16-7-10-12(19)11(14(20)21)8-18(13(10)17-15)9-5-3-2-4-6-9/h7-9H,2-6H2,1H3,(H,20,21). The fourth-order valence-corrected chi connectivity index (χ4v) is 3.58. The molecule has 0 saturated heterocycles. The highest BCUT2D eigenvalue weighted by molar-refractivity contribution is 7.90. The number of aromatic nitrogens is 3. The first-order chi connectivity index (χ1) is 11.3. The molecule has 3 rings (SSSR count). The van der Waals surface area contributed by atoms with Gasteiger partial charge in [-0.3, -0.25) is 4.79 Å². The lowest BCUT2D eigenvalue weighted by Gasteiger charge is -2.26. The van der Waals surface area contributed by atoms with Gasteiger partial charge in [-0.05, 0) is 12.8 Å². The molecule has 8 nitrogen and oxygen atoms in total. The van der Waals surface area contributed by atoms with Gasteiger partial charge in [-0.25, -0.2) is 18.2 Å². The van der Waals surface area contributed by atoms with Gasteiger partial charge in [-0.1, -0.05) is 19.3 Å². The van der Waals surface area contributed by atoms with E-state index in [0.29, 0.717) is 0 Å². The van der Waals surface area contributed by atoms with E-state index in [0.717, 1.165) is 44.6 Å². The van der Waals surface area contributed by atoms with Crippen molar-refractivity contribution in [1.82, 2.24) is 14.5 Å². The molecule has 1 fully saturated rings. The number of sulfone groups is 1. The fraction of sp³-hybridized carbons (Fsp3) is 0.467. The van der Waals surface area contributed by atoms with Gasteiger partial charge in [-0.15, -0.1) is 0 Å².